The minimum atomic E-state index is -1.29. The van der Waals surface area contributed by atoms with Gasteiger partial charge < -0.3 is 154 Å². The molecule has 36 nitrogen and oxygen atoms in total. The minimum Gasteiger partial charge on any atom is -0.395 e. The highest BCUT2D eigenvalue weighted by Gasteiger charge is 2.49. The summed E-state index contributed by atoms with van der Waals surface area (Å²) in [6, 6.07) is -5.47. The number of nitrogens with one attached hydrogen (secondary N) is 6. The van der Waals surface area contributed by atoms with Crippen LogP contribution in [0.25, 0.3) is 0 Å². The van der Waals surface area contributed by atoms with Gasteiger partial charge in [0.2, 0.25) is 35.4 Å². The molecule has 6 heterocycles. The van der Waals surface area contributed by atoms with Crippen LogP contribution in [0.2, 0.25) is 0 Å². The summed E-state index contributed by atoms with van der Waals surface area (Å²) in [7, 11) is 0. The van der Waals surface area contributed by atoms with Gasteiger partial charge in [0, 0.05) is 38.5 Å². The van der Waals surface area contributed by atoms with Gasteiger partial charge in [0.1, 0.15) is 69.2 Å². The normalized spacial score (nSPS) is 38.2. The average molecular weight is 1580 g/mol. The van der Waals surface area contributed by atoms with E-state index in [1.165, 1.54) is 6.92 Å². The highest BCUT2D eigenvalue weighted by molar-refractivity contribution is 8.01. The Morgan fingerprint density at radius 2 is 0.554 bits per heavy atom. The Morgan fingerprint density at radius 3 is 0.772 bits per heavy atom. The largest absolute Gasteiger partial charge is 0.395 e. The van der Waals surface area contributed by atoms with Crippen molar-refractivity contribution in [2.45, 2.75) is 274 Å². The first-order valence-corrected chi connectivity index (χ1v) is 38.5. The number of carbonyl (C=O) groups excluding carboxylic acids is 6. The van der Waals surface area contributed by atoms with E-state index in [0.29, 0.717) is 25.7 Å². The van der Waals surface area contributed by atoms with Crippen LogP contribution >= 0.6 is 70.6 Å². The molecule has 30 atom stereocenters. The topological polar surface area (TPSA) is 660 Å². The van der Waals surface area contributed by atoms with Gasteiger partial charge in [-0.2, -0.15) is 0 Å². The van der Waals surface area contributed by atoms with Crippen molar-refractivity contribution in [3.8, 4) is 0 Å². The number of unbranched alkanes of at least 4 members (excludes halogenated alkanes) is 1. The van der Waals surface area contributed by atoms with Crippen molar-refractivity contribution in [1.82, 2.24) is 31.9 Å². The number of hydrogen-bond donors (Lipinski definition) is 30. The van der Waals surface area contributed by atoms with Crippen LogP contribution < -0.4 is 31.9 Å². The molecule has 6 aliphatic rings. The van der Waals surface area contributed by atoms with E-state index in [2.05, 4.69) is 31.9 Å². The Labute approximate surface area is 611 Å². The Kier molecular flexibility index (Phi) is 47.1. The second-order valence-corrected chi connectivity index (χ2v) is 33.1. The predicted octanol–water partition coefficient (Wildman–Crippen LogP) is -10.2. The van der Waals surface area contributed by atoms with Crippen LogP contribution in [0, 0.1) is 11.8 Å². The molecule has 6 rings (SSSR count). The van der Waals surface area contributed by atoms with E-state index >= 15 is 0 Å². The van der Waals surface area contributed by atoms with E-state index in [0.717, 1.165) is 83.4 Å². The monoisotopic (exact) mass is 1580 g/mol. The van der Waals surface area contributed by atoms with Crippen LogP contribution in [-0.4, -0.2) is 371 Å². The fourth-order valence-corrected chi connectivity index (χ4v) is 17.1. The molecule has 0 radical (unpaired) electrons. The molecular weight excluding hydrogens is 1470 g/mol. The van der Waals surface area contributed by atoms with Crippen molar-refractivity contribution >= 4 is 106 Å². The zero-order chi connectivity index (χ0) is 77.6. The van der Waals surface area contributed by atoms with Gasteiger partial charge in [-0.25, -0.2) is 0 Å². The molecule has 42 heteroatoms. The summed E-state index contributed by atoms with van der Waals surface area (Å²) >= 11 is 5.66. The lowest BCUT2D eigenvalue weighted by atomic mass is 10.0. The van der Waals surface area contributed by atoms with E-state index < -0.39 is 180 Å². The van der Waals surface area contributed by atoms with E-state index in [-0.39, 0.29) is 87.4 Å². The fourth-order valence-electron chi connectivity index (χ4n) is 10.1. The number of rotatable bonds is 21. The van der Waals surface area contributed by atoms with Gasteiger partial charge in [-0.1, -0.05) is 54.9 Å². The number of amides is 6. The summed E-state index contributed by atoms with van der Waals surface area (Å²) in [5, 5.41) is 240. The number of hydrogen-bond acceptors (Lipinski definition) is 36. The molecule has 6 saturated heterocycles. The maximum Gasteiger partial charge on any atom is 0.222 e. The van der Waals surface area contributed by atoms with Crippen LogP contribution in [0.4, 0.5) is 0 Å². The molecule has 6 aliphatic heterocycles. The Hall–Kier alpha value is -2.04. The molecule has 6 fully saturated rings. The van der Waals surface area contributed by atoms with E-state index in [1.807, 2.05) is 27.7 Å². The zero-order valence-corrected chi connectivity index (χ0v) is 62.2. The SMILES string of the molecule is CC(=O)NC1C(O)SC(CO)C(O)C1O.CC(C)C(=O)NC1C(O)SC(CO)C(O)C1O.CC(C)CC(=O)NC1C(O)SC(CO)C(O)C1O.CCC(=O)NC1C(O)SC(CO)C(O)C1O.CCCC(=O)NC1C(O)SC(CO)C(O)C1O.CCCCC(=O)NC1C(O)SC(CO)C(O)C1O. The zero-order valence-electron chi connectivity index (χ0n) is 57.3. The first-order valence-electron chi connectivity index (χ1n) is 32.8. The lowest BCUT2D eigenvalue weighted by molar-refractivity contribution is -0.128. The van der Waals surface area contributed by atoms with Crippen LogP contribution in [0.3, 0.4) is 0 Å². The first kappa shape index (κ1) is 97.0. The lowest BCUT2D eigenvalue weighted by Crippen LogP contribution is -2.61. The molecule has 101 heavy (non-hydrogen) atoms. The van der Waals surface area contributed by atoms with Crippen molar-refractivity contribution in [2.75, 3.05) is 39.6 Å². The average Bonchev–Trinajstić information content (AvgIpc) is 0.861. The Balaban J connectivity index is 0.000000607. The Bertz CT molecular complexity index is 2410. The van der Waals surface area contributed by atoms with Crippen LogP contribution in [0.15, 0.2) is 0 Å². The molecule has 0 aromatic rings. The predicted molar refractivity (Wildman–Crippen MR) is 375 cm³/mol. The van der Waals surface area contributed by atoms with Crippen molar-refractivity contribution in [2.24, 2.45) is 11.8 Å². The minimum absolute atomic E-state index is 0.172. The summed E-state index contributed by atoms with van der Waals surface area (Å²) in [6.07, 6.45) is -11.2. The third-order valence-corrected chi connectivity index (χ3v) is 24.2. The van der Waals surface area contributed by atoms with Crippen LogP contribution in [-0.2, 0) is 28.8 Å². The molecule has 0 aromatic heterocycles. The Morgan fingerprint density at radius 1 is 0.317 bits per heavy atom. The molecule has 6 amide bonds. The maximum atomic E-state index is 11.6. The standard InChI is InChI=1S/2C11H21NO5S.2C10H19NO5S.C9H17NO5S.C8H15NO5S/c1-5(2)3-7(14)12-8-10(16)9(15)6(4-13)18-11(8)17;1-2-3-4-7(14)12-8-10(16)9(15)6(5-13)18-11(8)17;1-4(2)9(15)11-6-8(14)7(13)5(3-12)17-10(6)16;1-2-3-6(13)11-7-9(15)8(14)5(4-12)17-10(7)16;1-2-5(12)10-6-8(14)7(13)4(3-11)16-9(6)15;1-3(11)9-5-7(13)6(12)4(2-10)15-8(5)14/h5-6,8-11,13,15-17H,3-4H2,1-2H3,(H,12,14);6,8-11,13,15-17H,2-5H2,1H3,(H,12,14);4-8,10,12-14,16H,3H2,1-2H3,(H,11,15);5,7-10,12,14-16H,2-4H2,1H3,(H,11,13);4,6-9,11,13-15H,2-3H2,1H3,(H,10,12);4-8,10,12-14H,2H2,1H3,(H,9,11). The van der Waals surface area contributed by atoms with Crippen LogP contribution in [0.5, 0.6) is 0 Å². The molecule has 30 unspecified atom stereocenters. The number of thioether (sulfide) groups is 6. The number of aliphatic hydroxyl groups is 24. The van der Waals surface area contributed by atoms with Gasteiger partial charge >= 0.3 is 0 Å². The van der Waals surface area contributed by atoms with Gasteiger partial charge in [-0.05, 0) is 18.8 Å². The van der Waals surface area contributed by atoms with Crippen molar-refractivity contribution in [3.63, 3.8) is 0 Å². The number of carbonyl (C=O) groups is 6. The summed E-state index contributed by atoms with van der Waals surface area (Å²) in [5.41, 5.74) is -6.24. The molecular formula is C59H112N6O30S6. The number of aliphatic hydroxyl groups excluding tert-OH is 24. The van der Waals surface area contributed by atoms with Gasteiger partial charge in [0.05, 0.1) is 144 Å². The first-order chi connectivity index (χ1) is 47.2. The third-order valence-electron chi connectivity index (χ3n) is 16.1. The van der Waals surface area contributed by atoms with E-state index in [9.17, 15) is 121 Å². The van der Waals surface area contributed by atoms with Crippen molar-refractivity contribution in [3.05, 3.63) is 0 Å². The molecule has 0 bridgehead atoms. The second kappa shape index (κ2) is 49.1. The smallest absolute Gasteiger partial charge is 0.222 e. The van der Waals surface area contributed by atoms with Crippen molar-refractivity contribution in [1.29, 1.82) is 0 Å². The summed E-state index contributed by atoms with van der Waals surface area (Å²) < 4.78 is 0. The summed E-state index contributed by atoms with van der Waals surface area (Å²) in [6.45, 7) is 11.8. The van der Waals surface area contributed by atoms with Crippen molar-refractivity contribution < 1.29 is 151 Å². The molecule has 0 saturated carbocycles. The lowest BCUT2D eigenvalue weighted by Gasteiger charge is -2.40. The van der Waals surface area contributed by atoms with Gasteiger partial charge in [-0.15, -0.1) is 70.6 Å². The summed E-state index contributed by atoms with van der Waals surface area (Å²) in [4.78, 5) is 68.0. The molecule has 0 aliphatic carbocycles. The van der Waals surface area contributed by atoms with Gasteiger partial charge in [0.25, 0.3) is 0 Å². The highest BCUT2D eigenvalue weighted by Crippen LogP contribution is 2.36. The highest BCUT2D eigenvalue weighted by atomic mass is 32.2. The van der Waals surface area contributed by atoms with E-state index in [1.54, 1.807) is 20.8 Å². The van der Waals surface area contributed by atoms with Gasteiger partial charge in [0.15, 0.2) is 0 Å². The second-order valence-electron chi connectivity index (χ2n) is 25.0. The maximum absolute atomic E-state index is 11.6. The summed E-state index contributed by atoms with van der Waals surface area (Å²) in [5.74, 6) is -1.91. The third kappa shape index (κ3) is 30.9. The quantitative estimate of drug-likeness (QED) is 0.0507. The van der Waals surface area contributed by atoms with Crippen LogP contribution in [0.1, 0.15) is 100 Å². The fraction of sp³-hybridized carbons (Fsp3) is 0.898. The van der Waals surface area contributed by atoms with Gasteiger partial charge in [-0.3, -0.25) is 28.8 Å². The molecule has 0 aromatic carbocycles. The molecule has 30 N–H and O–H groups in total. The molecule has 594 valence electrons. The molecule has 0 spiro atoms. The van der Waals surface area contributed by atoms with E-state index in [4.69, 9.17) is 30.6 Å².